The monoisotopic (exact) mass is 409 g/mol. The van der Waals surface area contributed by atoms with Gasteiger partial charge in [0.05, 0.1) is 0 Å². The van der Waals surface area contributed by atoms with Crippen LogP contribution < -0.4 is 11.1 Å². The maximum absolute atomic E-state index is 13.5. The minimum atomic E-state index is -0.850. The number of primary amides is 1. The number of fused-ring (bicyclic) bond motifs is 1. The van der Waals surface area contributed by atoms with Gasteiger partial charge in [-0.3, -0.25) is 14.4 Å². The molecule has 0 spiro atoms. The molecule has 0 aromatic heterocycles. The van der Waals surface area contributed by atoms with E-state index in [9.17, 15) is 19.5 Å². The van der Waals surface area contributed by atoms with Crippen molar-refractivity contribution in [2.24, 2.45) is 5.73 Å². The number of rotatable bonds is 5. The average molecular weight is 409 g/mol. The zero-order valence-corrected chi connectivity index (χ0v) is 17.4. The van der Waals surface area contributed by atoms with E-state index in [-0.39, 0.29) is 30.5 Å². The maximum atomic E-state index is 13.5. The third kappa shape index (κ3) is 4.45. The molecule has 158 valence electrons. The van der Waals surface area contributed by atoms with Crippen molar-refractivity contribution >= 4 is 17.7 Å². The van der Waals surface area contributed by atoms with Gasteiger partial charge in [0, 0.05) is 26.3 Å². The molecule has 30 heavy (non-hydrogen) atoms. The number of carbonyl (C=O) groups excluding carboxylic acids is 3. The van der Waals surface area contributed by atoms with Crippen LogP contribution in [0.4, 0.5) is 0 Å². The summed E-state index contributed by atoms with van der Waals surface area (Å²) in [5.41, 5.74) is 10.1. The summed E-state index contributed by atoms with van der Waals surface area (Å²) < 4.78 is 0. The smallest absolute Gasteiger partial charge is 0.246 e. The minimum absolute atomic E-state index is 0.151. The fourth-order valence-corrected chi connectivity index (χ4v) is 4.15. The number of nitrogens with one attached hydrogen (secondary N) is 1. The number of carbonyl (C=O) groups is 3. The number of nitrogens with two attached hydrogens (primary N) is 1. The first-order valence-corrected chi connectivity index (χ1v) is 9.90. The van der Waals surface area contributed by atoms with Crippen molar-refractivity contribution in [1.29, 1.82) is 0 Å². The largest absolute Gasteiger partial charge is 0.508 e. The molecule has 1 heterocycles. The van der Waals surface area contributed by atoms with Crippen molar-refractivity contribution in [3.8, 4) is 5.75 Å². The Hall–Kier alpha value is -3.35. The summed E-state index contributed by atoms with van der Waals surface area (Å²) >= 11 is 0. The second kappa shape index (κ2) is 8.57. The molecule has 2 aromatic carbocycles. The molecule has 4 N–H and O–H groups in total. The van der Waals surface area contributed by atoms with Gasteiger partial charge in [0.1, 0.15) is 17.8 Å². The highest BCUT2D eigenvalue weighted by Crippen LogP contribution is 2.26. The molecule has 0 saturated carbocycles. The SMILES string of the molecule is CC(=O)NC(Cc1c(C)cc(O)cc1C)C(=O)N1Cc2ccccc2CC1C(N)=O. The third-order valence-corrected chi connectivity index (χ3v) is 5.62. The van der Waals surface area contributed by atoms with Crippen molar-refractivity contribution in [1.82, 2.24) is 10.2 Å². The van der Waals surface area contributed by atoms with Crippen molar-refractivity contribution in [2.75, 3.05) is 0 Å². The van der Waals surface area contributed by atoms with Crippen molar-refractivity contribution in [3.63, 3.8) is 0 Å². The number of hydrogen-bond acceptors (Lipinski definition) is 4. The van der Waals surface area contributed by atoms with Crippen LogP contribution in [0.5, 0.6) is 5.75 Å². The van der Waals surface area contributed by atoms with Gasteiger partial charge in [-0.25, -0.2) is 0 Å². The van der Waals surface area contributed by atoms with Crippen molar-refractivity contribution < 1.29 is 19.5 Å². The van der Waals surface area contributed by atoms with Gasteiger partial charge >= 0.3 is 0 Å². The van der Waals surface area contributed by atoms with Crippen LogP contribution in [-0.4, -0.2) is 39.8 Å². The molecule has 0 aliphatic carbocycles. The Morgan fingerprint density at radius 3 is 2.33 bits per heavy atom. The van der Waals surface area contributed by atoms with E-state index in [1.807, 2.05) is 38.1 Å². The lowest BCUT2D eigenvalue weighted by molar-refractivity contribution is -0.143. The summed E-state index contributed by atoms with van der Waals surface area (Å²) in [7, 11) is 0. The zero-order valence-electron chi connectivity index (χ0n) is 17.4. The molecular weight excluding hydrogens is 382 g/mol. The van der Waals surface area contributed by atoms with Crippen molar-refractivity contribution in [2.45, 2.75) is 52.2 Å². The summed E-state index contributed by atoms with van der Waals surface area (Å²) in [6.07, 6.45) is 0.599. The molecule has 2 unspecified atom stereocenters. The van der Waals surface area contributed by atoms with Crippen LogP contribution in [0.1, 0.15) is 34.7 Å². The van der Waals surface area contributed by atoms with Gasteiger partial charge in [-0.2, -0.15) is 0 Å². The molecule has 0 fully saturated rings. The summed E-state index contributed by atoms with van der Waals surface area (Å²) in [5.74, 6) is -1.11. The van der Waals surface area contributed by atoms with E-state index in [0.29, 0.717) is 6.42 Å². The summed E-state index contributed by atoms with van der Waals surface area (Å²) in [6, 6.07) is 9.27. The van der Waals surface area contributed by atoms with Gasteiger partial charge in [-0.15, -0.1) is 0 Å². The van der Waals surface area contributed by atoms with Crippen LogP contribution >= 0.6 is 0 Å². The van der Waals surface area contributed by atoms with E-state index in [1.165, 1.54) is 11.8 Å². The molecule has 3 rings (SSSR count). The van der Waals surface area contributed by atoms with Gasteiger partial charge in [0.15, 0.2) is 0 Å². The molecule has 0 bridgehead atoms. The van der Waals surface area contributed by atoms with E-state index in [1.54, 1.807) is 12.1 Å². The minimum Gasteiger partial charge on any atom is -0.508 e. The first-order valence-electron chi connectivity index (χ1n) is 9.90. The third-order valence-electron chi connectivity index (χ3n) is 5.62. The number of aryl methyl sites for hydroxylation is 2. The molecular formula is C23H27N3O4. The first kappa shape index (κ1) is 21.4. The van der Waals surface area contributed by atoms with Crippen molar-refractivity contribution in [3.05, 3.63) is 64.2 Å². The zero-order chi connectivity index (χ0) is 22.0. The van der Waals surface area contributed by atoms with Crippen LogP contribution in [0.2, 0.25) is 0 Å². The summed E-state index contributed by atoms with van der Waals surface area (Å²) in [4.78, 5) is 39.0. The topological polar surface area (TPSA) is 113 Å². The quantitative estimate of drug-likeness (QED) is 0.694. The lowest BCUT2D eigenvalue weighted by Gasteiger charge is -2.37. The first-order chi connectivity index (χ1) is 14.2. The van der Waals surface area contributed by atoms with Gasteiger partial charge in [0.25, 0.3) is 0 Å². The Labute approximate surface area is 175 Å². The lowest BCUT2D eigenvalue weighted by atomic mass is 9.91. The van der Waals surface area contributed by atoms with Gasteiger partial charge in [-0.05, 0) is 53.8 Å². The Morgan fingerprint density at radius 2 is 1.77 bits per heavy atom. The fraction of sp³-hybridized carbons (Fsp3) is 0.348. The number of hydrogen-bond donors (Lipinski definition) is 3. The Bertz CT molecular complexity index is 979. The van der Waals surface area contributed by atoms with E-state index in [4.69, 9.17) is 5.73 Å². The second-order valence-electron chi connectivity index (χ2n) is 7.87. The Kier molecular flexibility index (Phi) is 6.10. The highest BCUT2D eigenvalue weighted by molar-refractivity contribution is 5.92. The lowest BCUT2D eigenvalue weighted by Crippen LogP contribution is -2.57. The number of phenolic OH excluding ortho intramolecular Hbond substituents is 1. The highest BCUT2D eigenvalue weighted by atomic mass is 16.3. The number of phenols is 1. The predicted octanol–water partition coefficient (Wildman–Crippen LogP) is 1.50. The number of aromatic hydroxyl groups is 1. The number of nitrogens with zero attached hydrogens (tertiary/aromatic N) is 1. The van der Waals surface area contributed by atoms with Gasteiger partial charge in [-0.1, -0.05) is 24.3 Å². The van der Waals surface area contributed by atoms with Crippen LogP contribution in [0.25, 0.3) is 0 Å². The highest BCUT2D eigenvalue weighted by Gasteiger charge is 2.37. The van der Waals surface area contributed by atoms with E-state index >= 15 is 0 Å². The van der Waals surface area contributed by atoms with Crippen LogP contribution in [0.15, 0.2) is 36.4 Å². The normalized spacial score (nSPS) is 16.5. The van der Waals surface area contributed by atoms with Gasteiger partial charge < -0.3 is 21.1 Å². The molecule has 0 radical (unpaired) electrons. The summed E-state index contributed by atoms with van der Waals surface area (Å²) in [5, 5.41) is 12.5. The molecule has 1 aliphatic rings. The predicted molar refractivity (Wildman–Crippen MR) is 113 cm³/mol. The Balaban J connectivity index is 1.95. The van der Waals surface area contributed by atoms with Crippen LogP contribution in [-0.2, 0) is 33.8 Å². The average Bonchev–Trinajstić information content (AvgIpc) is 2.67. The molecule has 0 saturated heterocycles. The maximum Gasteiger partial charge on any atom is 0.246 e. The Morgan fingerprint density at radius 1 is 1.17 bits per heavy atom. The number of benzene rings is 2. The molecule has 3 amide bonds. The number of amides is 3. The van der Waals surface area contributed by atoms with Crippen LogP contribution in [0, 0.1) is 13.8 Å². The van der Waals surface area contributed by atoms with E-state index in [2.05, 4.69) is 5.32 Å². The van der Waals surface area contributed by atoms with E-state index in [0.717, 1.165) is 27.8 Å². The standard InChI is InChI=1S/C23H27N3O4/c1-13-8-18(28)9-14(2)19(13)11-20(25-15(3)27)23(30)26-12-17-7-5-4-6-16(17)10-21(26)22(24)29/h4-9,20-21,28H,10-12H2,1-3H3,(H2,24,29)(H,25,27). The molecule has 7 nitrogen and oxygen atoms in total. The fourth-order valence-electron chi connectivity index (χ4n) is 4.15. The second-order valence-corrected chi connectivity index (χ2v) is 7.87. The van der Waals surface area contributed by atoms with Crippen LogP contribution in [0.3, 0.4) is 0 Å². The molecule has 2 atom stereocenters. The molecule has 2 aromatic rings. The van der Waals surface area contributed by atoms with E-state index < -0.39 is 18.0 Å². The summed E-state index contributed by atoms with van der Waals surface area (Å²) in [6.45, 7) is 5.31. The molecule has 7 heteroatoms. The molecule has 1 aliphatic heterocycles. The van der Waals surface area contributed by atoms with Gasteiger partial charge in [0.2, 0.25) is 17.7 Å².